The van der Waals surface area contributed by atoms with Crippen LogP contribution in [-0.4, -0.2) is 62.1 Å². The number of amides is 1. The number of hydrogen-bond acceptors (Lipinski definition) is 4. The molecule has 0 bridgehead atoms. The van der Waals surface area contributed by atoms with Crippen molar-refractivity contribution < 1.29 is 9.53 Å². The largest absolute Gasteiger partial charge is 0.493 e. The van der Waals surface area contributed by atoms with Crippen LogP contribution in [0.5, 0.6) is 5.75 Å². The molecule has 0 aromatic heterocycles. The average Bonchev–Trinajstić information content (AvgIpc) is 2.76. The minimum atomic E-state index is -0.102. The highest BCUT2D eigenvalue weighted by Gasteiger charge is 2.25. The average molecular weight is 430 g/mol. The number of piperazine rings is 1. The lowest BCUT2D eigenvalue weighted by Gasteiger charge is -2.38. The van der Waals surface area contributed by atoms with Gasteiger partial charge in [-0.3, -0.25) is 9.69 Å². The zero-order valence-electron chi connectivity index (χ0n) is 17.9. The van der Waals surface area contributed by atoms with E-state index in [1.54, 1.807) is 0 Å². The fourth-order valence-corrected chi connectivity index (χ4v) is 3.79. The van der Waals surface area contributed by atoms with Crippen molar-refractivity contribution >= 4 is 17.5 Å². The number of nitrogens with one attached hydrogen (secondary N) is 1. The van der Waals surface area contributed by atoms with Gasteiger partial charge in [0, 0.05) is 37.7 Å². The Hall–Kier alpha value is -2.08. The van der Waals surface area contributed by atoms with E-state index in [2.05, 4.69) is 41.2 Å². The van der Waals surface area contributed by atoms with Crippen molar-refractivity contribution in [3.05, 3.63) is 64.7 Å². The Bertz CT molecular complexity index is 804. The second kappa shape index (κ2) is 11.3. The zero-order chi connectivity index (χ0) is 21.3. The van der Waals surface area contributed by atoms with Crippen LogP contribution in [0.25, 0.3) is 0 Å². The van der Waals surface area contributed by atoms with Crippen molar-refractivity contribution in [1.82, 2.24) is 15.1 Å². The van der Waals surface area contributed by atoms with Crippen molar-refractivity contribution in [1.29, 1.82) is 0 Å². The van der Waals surface area contributed by atoms with Crippen LogP contribution in [0, 0.1) is 0 Å². The first-order valence-corrected chi connectivity index (χ1v) is 11.1. The third kappa shape index (κ3) is 6.21. The van der Waals surface area contributed by atoms with Gasteiger partial charge in [0.2, 0.25) is 0 Å². The molecule has 0 spiro atoms. The number of ether oxygens (including phenoxy) is 1. The lowest BCUT2D eigenvalue weighted by atomic mass is 10.0. The predicted molar refractivity (Wildman–Crippen MR) is 122 cm³/mol. The predicted octanol–water partition coefficient (Wildman–Crippen LogP) is 4.24. The van der Waals surface area contributed by atoms with E-state index in [0.717, 1.165) is 49.6 Å². The van der Waals surface area contributed by atoms with Crippen molar-refractivity contribution in [3.8, 4) is 5.75 Å². The molecule has 2 aromatic rings. The van der Waals surface area contributed by atoms with Crippen molar-refractivity contribution in [3.63, 3.8) is 0 Å². The Morgan fingerprint density at radius 2 is 1.80 bits per heavy atom. The minimum Gasteiger partial charge on any atom is -0.493 e. The summed E-state index contributed by atoms with van der Waals surface area (Å²) in [5.41, 5.74) is 1.75. The molecule has 1 N–H and O–H groups in total. The van der Waals surface area contributed by atoms with Crippen LogP contribution < -0.4 is 10.1 Å². The third-order valence-corrected chi connectivity index (χ3v) is 5.83. The summed E-state index contributed by atoms with van der Waals surface area (Å²) in [4.78, 5) is 17.8. The van der Waals surface area contributed by atoms with Gasteiger partial charge in [0.05, 0.1) is 18.2 Å². The van der Waals surface area contributed by atoms with Crippen LogP contribution in [0.1, 0.15) is 41.7 Å². The van der Waals surface area contributed by atoms with Gasteiger partial charge in [0.25, 0.3) is 5.91 Å². The monoisotopic (exact) mass is 429 g/mol. The molecule has 1 aliphatic heterocycles. The Morgan fingerprint density at radius 3 is 2.50 bits per heavy atom. The van der Waals surface area contributed by atoms with E-state index in [1.807, 2.05) is 36.4 Å². The summed E-state index contributed by atoms with van der Waals surface area (Å²) in [5, 5.41) is 3.86. The maximum absolute atomic E-state index is 13.0. The van der Waals surface area contributed by atoms with E-state index >= 15 is 0 Å². The van der Waals surface area contributed by atoms with Gasteiger partial charge in [-0.2, -0.15) is 0 Å². The molecule has 162 valence electrons. The molecule has 6 heteroatoms. The summed E-state index contributed by atoms with van der Waals surface area (Å²) >= 11 is 6.09. The first-order chi connectivity index (χ1) is 14.6. The second-order valence-electron chi connectivity index (χ2n) is 7.81. The van der Waals surface area contributed by atoms with Crippen LogP contribution >= 0.6 is 11.6 Å². The van der Waals surface area contributed by atoms with Gasteiger partial charge in [-0.25, -0.2) is 0 Å². The van der Waals surface area contributed by atoms with E-state index in [-0.39, 0.29) is 11.9 Å². The van der Waals surface area contributed by atoms with Gasteiger partial charge in [-0.05, 0) is 43.3 Å². The van der Waals surface area contributed by atoms with Gasteiger partial charge >= 0.3 is 0 Å². The molecule has 1 heterocycles. The maximum Gasteiger partial charge on any atom is 0.255 e. The number of likely N-dealkylation sites (N-methyl/N-ethyl adjacent to an activating group) is 1. The second-order valence-corrected chi connectivity index (χ2v) is 8.25. The smallest absolute Gasteiger partial charge is 0.255 e. The van der Waals surface area contributed by atoms with E-state index in [4.69, 9.17) is 16.3 Å². The Morgan fingerprint density at radius 1 is 1.10 bits per heavy atom. The van der Waals surface area contributed by atoms with Gasteiger partial charge in [0.15, 0.2) is 0 Å². The quantitative estimate of drug-likeness (QED) is 0.605. The fraction of sp³-hybridized carbons (Fsp3) is 0.458. The number of hydrogen-bond donors (Lipinski definition) is 1. The summed E-state index contributed by atoms with van der Waals surface area (Å²) in [7, 11) is 2.14. The molecule has 1 amide bonds. The molecule has 1 atom stereocenters. The van der Waals surface area contributed by atoms with Gasteiger partial charge in [0.1, 0.15) is 5.75 Å². The molecule has 0 radical (unpaired) electrons. The number of unbranched alkanes of at least 4 members (excludes halogenated alkanes) is 1. The van der Waals surface area contributed by atoms with E-state index in [1.165, 1.54) is 0 Å². The molecule has 0 saturated carbocycles. The molecule has 0 aliphatic carbocycles. The van der Waals surface area contributed by atoms with Crippen LogP contribution in [0.4, 0.5) is 0 Å². The normalized spacial score (nSPS) is 16.2. The molecular formula is C24H32ClN3O2. The molecule has 3 rings (SSSR count). The van der Waals surface area contributed by atoms with Gasteiger partial charge in [-0.15, -0.1) is 0 Å². The summed E-state index contributed by atoms with van der Waals surface area (Å²) in [6, 6.07) is 15.5. The van der Waals surface area contributed by atoms with Crippen molar-refractivity contribution in [2.75, 3.05) is 46.4 Å². The fourth-order valence-electron chi connectivity index (χ4n) is 3.67. The van der Waals surface area contributed by atoms with Crippen LogP contribution in [-0.2, 0) is 0 Å². The lowest BCUT2D eigenvalue weighted by Crippen LogP contribution is -2.48. The molecule has 1 aliphatic rings. The Kier molecular flexibility index (Phi) is 8.55. The van der Waals surface area contributed by atoms with Crippen molar-refractivity contribution in [2.45, 2.75) is 25.8 Å². The van der Waals surface area contributed by atoms with Crippen LogP contribution in [0.2, 0.25) is 5.02 Å². The molecule has 30 heavy (non-hydrogen) atoms. The highest BCUT2D eigenvalue weighted by molar-refractivity contribution is 6.30. The molecule has 1 saturated heterocycles. The Balaban J connectivity index is 1.71. The van der Waals surface area contributed by atoms with Gasteiger partial charge < -0.3 is 15.0 Å². The van der Waals surface area contributed by atoms with Crippen molar-refractivity contribution in [2.24, 2.45) is 0 Å². The number of rotatable bonds is 9. The van der Waals surface area contributed by atoms with Crippen LogP contribution in [0.3, 0.4) is 0 Å². The standard InChI is InChI=1S/C24H32ClN3O2/c1-3-4-17-30-23-8-6-5-7-21(23)24(29)26-18-22(19-9-11-20(25)12-10-19)28-15-13-27(2)14-16-28/h5-12,22H,3-4,13-18H2,1-2H3,(H,26,29)/t22-/m0/s1. The van der Waals surface area contributed by atoms with E-state index < -0.39 is 0 Å². The first-order valence-electron chi connectivity index (χ1n) is 10.8. The minimum absolute atomic E-state index is 0.102. The van der Waals surface area contributed by atoms with Gasteiger partial charge in [-0.1, -0.05) is 49.2 Å². The SMILES string of the molecule is CCCCOc1ccccc1C(=O)NC[C@@H](c1ccc(Cl)cc1)N1CCN(C)CC1. The van der Waals surface area contributed by atoms with Crippen LogP contribution in [0.15, 0.2) is 48.5 Å². The number of nitrogens with zero attached hydrogens (tertiary/aromatic N) is 2. The maximum atomic E-state index is 13.0. The van der Waals surface area contributed by atoms with E-state index in [9.17, 15) is 4.79 Å². The summed E-state index contributed by atoms with van der Waals surface area (Å²) < 4.78 is 5.84. The number of para-hydroxylation sites is 1. The highest BCUT2D eigenvalue weighted by Crippen LogP contribution is 2.24. The number of benzene rings is 2. The Labute approximate surface area is 185 Å². The number of halogens is 1. The summed E-state index contributed by atoms with van der Waals surface area (Å²) in [6.45, 7) is 7.26. The van der Waals surface area contributed by atoms with E-state index in [0.29, 0.717) is 24.5 Å². The molecule has 1 fully saturated rings. The molecule has 2 aromatic carbocycles. The molecular weight excluding hydrogens is 398 g/mol. The zero-order valence-corrected chi connectivity index (χ0v) is 18.7. The highest BCUT2D eigenvalue weighted by atomic mass is 35.5. The number of carbonyl (C=O) groups excluding carboxylic acids is 1. The third-order valence-electron chi connectivity index (χ3n) is 5.58. The topological polar surface area (TPSA) is 44.8 Å². The first kappa shape index (κ1) is 22.6. The molecule has 0 unspecified atom stereocenters. The molecule has 5 nitrogen and oxygen atoms in total. The number of carbonyl (C=O) groups is 1. The lowest BCUT2D eigenvalue weighted by molar-refractivity contribution is 0.0883. The summed E-state index contributed by atoms with van der Waals surface area (Å²) in [6.07, 6.45) is 2.03. The summed E-state index contributed by atoms with van der Waals surface area (Å²) in [5.74, 6) is 0.543.